The van der Waals surface area contributed by atoms with Crippen molar-refractivity contribution in [2.45, 2.75) is 18.9 Å². The number of aromatic nitrogens is 2. The van der Waals surface area contributed by atoms with Gasteiger partial charge in [0, 0.05) is 48.2 Å². The molecule has 0 radical (unpaired) electrons. The number of aromatic amines is 1. The minimum Gasteiger partial charge on any atom is -0.496 e. The first-order valence-corrected chi connectivity index (χ1v) is 9.29. The van der Waals surface area contributed by atoms with E-state index >= 15 is 0 Å². The van der Waals surface area contributed by atoms with Crippen LogP contribution in [0.3, 0.4) is 0 Å². The maximum Gasteiger partial charge on any atom is 0.270 e. The second-order valence-corrected chi connectivity index (χ2v) is 7.51. The molecule has 2 aliphatic rings. The number of nitrogens with zero attached hydrogens (tertiary/aromatic N) is 2. The molecule has 6 heteroatoms. The molecule has 5 rings (SSSR count). The number of amides is 1. The molecule has 2 bridgehead atoms. The van der Waals surface area contributed by atoms with Crippen LogP contribution in [0.25, 0.3) is 10.9 Å². The van der Waals surface area contributed by atoms with Crippen molar-refractivity contribution in [2.75, 3.05) is 20.2 Å². The number of piperidine rings is 1. The molecule has 2 atom stereocenters. The van der Waals surface area contributed by atoms with Crippen LogP contribution in [0.5, 0.6) is 5.75 Å². The van der Waals surface area contributed by atoms with Gasteiger partial charge in [0.2, 0.25) is 0 Å². The molecule has 3 aromatic rings. The van der Waals surface area contributed by atoms with Gasteiger partial charge in [0.05, 0.1) is 7.11 Å². The van der Waals surface area contributed by atoms with Crippen molar-refractivity contribution in [2.24, 2.45) is 5.92 Å². The highest BCUT2D eigenvalue weighted by atomic mass is 16.5. The summed E-state index contributed by atoms with van der Waals surface area (Å²) in [6, 6.07) is 13.1. The van der Waals surface area contributed by atoms with Gasteiger partial charge >= 0.3 is 0 Å². The molecule has 0 aliphatic carbocycles. The van der Waals surface area contributed by atoms with Crippen LogP contribution in [0.4, 0.5) is 0 Å². The van der Waals surface area contributed by atoms with Crippen LogP contribution < -0.4 is 10.3 Å². The highest BCUT2D eigenvalue weighted by Crippen LogP contribution is 2.36. The summed E-state index contributed by atoms with van der Waals surface area (Å²) >= 11 is 0. The Labute approximate surface area is 156 Å². The van der Waals surface area contributed by atoms with Gasteiger partial charge in [-0.05, 0) is 36.6 Å². The van der Waals surface area contributed by atoms with Crippen molar-refractivity contribution in [3.63, 3.8) is 0 Å². The molecule has 27 heavy (non-hydrogen) atoms. The van der Waals surface area contributed by atoms with E-state index in [1.54, 1.807) is 13.2 Å². The van der Waals surface area contributed by atoms with Crippen LogP contribution in [0, 0.1) is 5.92 Å². The summed E-state index contributed by atoms with van der Waals surface area (Å²) in [4.78, 5) is 30.5. The average Bonchev–Trinajstić information content (AvgIpc) is 3.12. The van der Waals surface area contributed by atoms with Crippen molar-refractivity contribution in [1.82, 2.24) is 14.5 Å². The minimum atomic E-state index is 0.00896. The van der Waals surface area contributed by atoms with Gasteiger partial charge in [-0.3, -0.25) is 9.59 Å². The number of rotatable bonds is 2. The Kier molecular flexibility index (Phi) is 3.60. The molecule has 1 N–H and O–H groups in total. The molecule has 1 saturated heterocycles. The second-order valence-electron chi connectivity index (χ2n) is 7.51. The lowest BCUT2D eigenvalue weighted by atomic mass is 9.83. The quantitative estimate of drug-likeness (QED) is 0.761. The van der Waals surface area contributed by atoms with Gasteiger partial charge in [-0.1, -0.05) is 12.1 Å². The number of carbonyl (C=O) groups excluding carboxylic acids is 1. The Morgan fingerprint density at radius 2 is 2.00 bits per heavy atom. The molecule has 6 nitrogen and oxygen atoms in total. The van der Waals surface area contributed by atoms with Crippen LogP contribution in [0.1, 0.15) is 28.5 Å². The van der Waals surface area contributed by atoms with Gasteiger partial charge in [0.1, 0.15) is 11.4 Å². The Morgan fingerprint density at radius 1 is 1.15 bits per heavy atom. The monoisotopic (exact) mass is 363 g/mol. The zero-order chi connectivity index (χ0) is 18.5. The van der Waals surface area contributed by atoms with E-state index in [1.807, 2.05) is 45.9 Å². The summed E-state index contributed by atoms with van der Waals surface area (Å²) in [6.07, 6.45) is 1.04. The maximum absolute atomic E-state index is 13.2. The Morgan fingerprint density at radius 3 is 2.85 bits per heavy atom. The fraction of sp³-hybridized carbons (Fsp3) is 0.333. The van der Waals surface area contributed by atoms with Gasteiger partial charge in [0.15, 0.2) is 0 Å². The standard InChI is InChI=1S/C21H21N3O3/c1-27-19-6-2-4-16-15(19)9-17(22-16)21(26)23-10-13-8-14(12-23)18-5-3-7-20(25)24(18)11-13/h2-7,9,13-14,22H,8,10-12H2,1H3. The summed E-state index contributed by atoms with van der Waals surface area (Å²) in [5, 5.41) is 0.914. The SMILES string of the molecule is COc1cccc2[nH]c(C(=O)N3CC4CC(C3)c3cccc(=O)n3C4)cc12. The second kappa shape index (κ2) is 6.01. The number of hydrogen-bond donors (Lipinski definition) is 1. The van der Waals surface area contributed by atoms with Gasteiger partial charge in [0.25, 0.3) is 11.5 Å². The topological polar surface area (TPSA) is 67.3 Å². The first-order valence-electron chi connectivity index (χ1n) is 9.29. The predicted octanol–water partition coefficient (Wildman–Crippen LogP) is 2.60. The molecule has 0 saturated carbocycles. The van der Waals surface area contributed by atoms with Crippen LogP contribution in [0.2, 0.25) is 0 Å². The molecular formula is C21H21N3O3. The van der Waals surface area contributed by atoms with Crippen LogP contribution in [-0.4, -0.2) is 40.6 Å². The number of pyridine rings is 1. The van der Waals surface area contributed by atoms with Gasteiger partial charge in [-0.15, -0.1) is 0 Å². The number of carbonyl (C=O) groups is 1. The van der Waals surface area contributed by atoms with E-state index in [9.17, 15) is 9.59 Å². The Hall–Kier alpha value is -3.02. The molecule has 138 valence electrons. The van der Waals surface area contributed by atoms with E-state index in [2.05, 4.69) is 4.98 Å². The number of benzene rings is 1. The van der Waals surface area contributed by atoms with Gasteiger partial charge < -0.3 is 19.2 Å². The maximum atomic E-state index is 13.2. The van der Waals surface area contributed by atoms with Gasteiger partial charge in [-0.2, -0.15) is 0 Å². The van der Waals surface area contributed by atoms with E-state index in [0.29, 0.717) is 31.2 Å². The third-order valence-corrected chi connectivity index (χ3v) is 5.84. The smallest absolute Gasteiger partial charge is 0.270 e. The summed E-state index contributed by atoms with van der Waals surface area (Å²) in [5.41, 5.74) is 2.59. The number of fused-ring (bicyclic) bond motifs is 5. The zero-order valence-electron chi connectivity index (χ0n) is 15.1. The largest absolute Gasteiger partial charge is 0.496 e. The highest BCUT2D eigenvalue weighted by molar-refractivity contribution is 5.99. The van der Waals surface area contributed by atoms with Crippen molar-refractivity contribution < 1.29 is 9.53 Å². The summed E-state index contributed by atoms with van der Waals surface area (Å²) in [5.74, 6) is 1.30. The van der Waals surface area contributed by atoms with E-state index in [4.69, 9.17) is 4.74 Å². The number of likely N-dealkylation sites (tertiary alicyclic amines) is 1. The zero-order valence-corrected chi connectivity index (χ0v) is 15.1. The number of methoxy groups -OCH3 is 1. The third-order valence-electron chi connectivity index (χ3n) is 5.84. The molecule has 2 unspecified atom stereocenters. The van der Waals surface area contributed by atoms with E-state index < -0.39 is 0 Å². The molecule has 1 fully saturated rings. The lowest BCUT2D eigenvalue weighted by Crippen LogP contribution is -2.49. The molecule has 2 aliphatic heterocycles. The van der Waals surface area contributed by atoms with Gasteiger partial charge in [-0.25, -0.2) is 0 Å². The Bertz CT molecular complexity index is 1100. The fourth-order valence-electron chi connectivity index (χ4n) is 4.65. The molecule has 2 aromatic heterocycles. The third kappa shape index (κ3) is 2.55. The average molecular weight is 363 g/mol. The summed E-state index contributed by atoms with van der Waals surface area (Å²) in [6.45, 7) is 2.02. The normalized spacial score (nSPS) is 21.1. The van der Waals surface area contributed by atoms with Crippen molar-refractivity contribution in [1.29, 1.82) is 0 Å². The van der Waals surface area contributed by atoms with E-state index in [-0.39, 0.29) is 17.4 Å². The predicted molar refractivity (Wildman–Crippen MR) is 102 cm³/mol. The number of hydrogen-bond acceptors (Lipinski definition) is 3. The number of nitrogens with one attached hydrogen (secondary N) is 1. The van der Waals surface area contributed by atoms with Crippen molar-refractivity contribution in [3.05, 3.63) is 64.2 Å². The first-order chi connectivity index (χ1) is 13.1. The highest BCUT2D eigenvalue weighted by Gasteiger charge is 2.36. The molecule has 1 amide bonds. The summed E-state index contributed by atoms with van der Waals surface area (Å²) in [7, 11) is 1.63. The molecular weight excluding hydrogens is 342 g/mol. The number of H-pyrrole nitrogens is 1. The fourth-order valence-corrected chi connectivity index (χ4v) is 4.65. The summed E-state index contributed by atoms with van der Waals surface area (Å²) < 4.78 is 7.28. The lowest BCUT2D eigenvalue weighted by molar-refractivity contribution is 0.0589. The lowest BCUT2D eigenvalue weighted by Gasteiger charge is -2.42. The van der Waals surface area contributed by atoms with Crippen LogP contribution in [-0.2, 0) is 6.54 Å². The minimum absolute atomic E-state index is 0.00896. The molecule has 4 heterocycles. The molecule has 1 aromatic carbocycles. The van der Waals surface area contributed by atoms with Crippen LogP contribution >= 0.6 is 0 Å². The van der Waals surface area contributed by atoms with Crippen molar-refractivity contribution in [3.8, 4) is 5.75 Å². The van der Waals surface area contributed by atoms with E-state index in [1.165, 1.54) is 0 Å². The van der Waals surface area contributed by atoms with Crippen molar-refractivity contribution >= 4 is 16.8 Å². The molecule has 0 spiro atoms. The Balaban J connectivity index is 1.46. The number of ether oxygens (including phenoxy) is 1. The van der Waals surface area contributed by atoms with Crippen LogP contribution in [0.15, 0.2) is 47.3 Å². The first kappa shape index (κ1) is 16.2. The van der Waals surface area contributed by atoms with E-state index in [0.717, 1.165) is 28.8 Å².